The number of methoxy groups -OCH3 is 1. The predicted octanol–water partition coefficient (Wildman–Crippen LogP) is 1.08. The van der Waals surface area contributed by atoms with Crippen molar-refractivity contribution in [2.24, 2.45) is 0 Å². The molecule has 1 atom stereocenters. The first-order valence-electron chi connectivity index (χ1n) is 8.53. The van der Waals surface area contributed by atoms with E-state index in [-0.39, 0.29) is 5.91 Å². The molecule has 6 heteroatoms. The molecule has 0 bridgehead atoms. The predicted molar refractivity (Wildman–Crippen MR) is 94.7 cm³/mol. The molecular formula is C18H29N3O3. The molecule has 0 radical (unpaired) electrons. The van der Waals surface area contributed by atoms with Gasteiger partial charge in [0.1, 0.15) is 12.4 Å². The Bertz CT molecular complexity index is 516. The fourth-order valence-electron chi connectivity index (χ4n) is 2.74. The van der Waals surface area contributed by atoms with Gasteiger partial charge in [-0.15, -0.1) is 0 Å². The lowest BCUT2D eigenvalue weighted by Gasteiger charge is -2.36. The zero-order valence-electron chi connectivity index (χ0n) is 15.0. The summed E-state index contributed by atoms with van der Waals surface area (Å²) in [6.07, 6.45) is 0. The number of para-hydroxylation sites is 1. The van der Waals surface area contributed by atoms with Crippen molar-refractivity contribution in [2.45, 2.75) is 13.0 Å². The Balaban J connectivity index is 1.85. The van der Waals surface area contributed by atoms with Gasteiger partial charge in [-0.25, -0.2) is 0 Å². The molecule has 24 heavy (non-hydrogen) atoms. The van der Waals surface area contributed by atoms with E-state index in [9.17, 15) is 4.79 Å². The molecule has 1 aliphatic heterocycles. The molecule has 2 rings (SSSR count). The van der Waals surface area contributed by atoms with Crippen molar-refractivity contribution < 1.29 is 14.3 Å². The minimum atomic E-state index is -0.0935. The highest BCUT2D eigenvalue weighted by Gasteiger charge is 2.20. The van der Waals surface area contributed by atoms with Crippen molar-refractivity contribution >= 4 is 5.91 Å². The van der Waals surface area contributed by atoms with Gasteiger partial charge in [0, 0.05) is 45.9 Å². The number of nitrogens with one attached hydrogen (secondary N) is 1. The maximum atomic E-state index is 12.5. The van der Waals surface area contributed by atoms with Gasteiger partial charge < -0.3 is 19.7 Å². The Kier molecular flexibility index (Phi) is 7.49. The fourth-order valence-corrected chi connectivity index (χ4v) is 2.74. The van der Waals surface area contributed by atoms with Crippen molar-refractivity contribution in [3.63, 3.8) is 0 Å². The Hall–Kier alpha value is -1.63. The molecule has 1 aromatic rings. The molecule has 0 spiro atoms. The number of amides is 1. The average molecular weight is 335 g/mol. The van der Waals surface area contributed by atoms with Gasteiger partial charge in [0.05, 0.1) is 12.2 Å². The zero-order valence-corrected chi connectivity index (χ0v) is 15.0. The van der Waals surface area contributed by atoms with Crippen molar-refractivity contribution in [3.05, 3.63) is 29.8 Å². The summed E-state index contributed by atoms with van der Waals surface area (Å²) in [4.78, 5) is 17.2. The largest absolute Gasteiger partial charge is 0.490 e. The summed E-state index contributed by atoms with van der Waals surface area (Å²) in [6, 6.07) is 7.64. The molecule has 1 amide bonds. The van der Waals surface area contributed by atoms with Crippen LogP contribution < -0.4 is 10.1 Å². The van der Waals surface area contributed by atoms with Crippen LogP contribution in [0.5, 0.6) is 5.75 Å². The van der Waals surface area contributed by atoms with E-state index in [1.165, 1.54) is 0 Å². The molecule has 134 valence electrons. The second kappa shape index (κ2) is 9.61. The first kappa shape index (κ1) is 18.7. The van der Waals surface area contributed by atoms with Crippen molar-refractivity contribution in [1.82, 2.24) is 15.1 Å². The molecule has 1 aromatic carbocycles. The van der Waals surface area contributed by atoms with Crippen LogP contribution >= 0.6 is 0 Å². The zero-order chi connectivity index (χ0) is 17.4. The van der Waals surface area contributed by atoms with E-state index in [0.29, 0.717) is 37.1 Å². The number of carbonyl (C=O) groups is 1. The summed E-state index contributed by atoms with van der Waals surface area (Å²) in [5.74, 6) is 0.503. The summed E-state index contributed by atoms with van der Waals surface area (Å²) < 4.78 is 10.6. The van der Waals surface area contributed by atoms with Gasteiger partial charge in [-0.05, 0) is 26.1 Å². The van der Waals surface area contributed by atoms with Crippen LogP contribution in [0, 0.1) is 0 Å². The molecule has 1 fully saturated rings. The number of piperazine rings is 1. The van der Waals surface area contributed by atoms with Crippen LogP contribution in [0.25, 0.3) is 0 Å². The van der Waals surface area contributed by atoms with Gasteiger partial charge in [0.25, 0.3) is 5.91 Å². The number of ether oxygens (including phenoxy) is 2. The van der Waals surface area contributed by atoms with Crippen molar-refractivity contribution in [1.29, 1.82) is 0 Å². The number of nitrogens with zero attached hydrogens (tertiary/aromatic N) is 2. The Labute approximate surface area is 144 Å². The summed E-state index contributed by atoms with van der Waals surface area (Å²) in [5.41, 5.74) is 0.569. The Morgan fingerprint density at radius 3 is 2.62 bits per heavy atom. The van der Waals surface area contributed by atoms with E-state index < -0.39 is 0 Å². The normalized spacial score (nSPS) is 17.5. The van der Waals surface area contributed by atoms with Gasteiger partial charge in [0.2, 0.25) is 0 Å². The summed E-state index contributed by atoms with van der Waals surface area (Å²) in [6.45, 7) is 7.97. The lowest BCUT2D eigenvalue weighted by atomic mass is 10.1. The highest BCUT2D eigenvalue weighted by molar-refractivity contribution is 5.96. The Morgan fingerprint density at radius 1 is 1.21 bits per heavy atom. The van der Waals surface area contributed by atoms with Gasteiger partial charge in [-0.3, -0.25) is 9.69 Å². The van der Waals surface area contributed by atoms with Crippen LogP contribution in [-0.4, -0.2) is 81.8 Å². The highest BCUT2D eigenvalue weighted by atomic mass is 16.5. The third-order valence-electron chi connectivity index (χ3n) is 4.40. The number of hydrogen-bond donors (Lipinski definition) is 1. The smallest absolute Gasteiger partial charge is 0.255 e. The maximum Gasteiger partial charge on any atom is 0.255 e. The van der Waals surface area contributed by atoms with E-state index in [1.54, 1.807) is 13.2 Å². The molecule has 0 saturated carbocycles. The molecule has 6 nitrogen and oxygen atoms in total. The van der Waals surface area contributed by atoms with E-state index in [0.717, 1.165) is 26.2 Å². The second-order valence-corrected chi connectivity index (χ2v) is 6.24. The SMILES string of the molecule is COCCOc1ccccc1C(=O)NCC(C)N1CCN(C)CC1. The van der Waals surface area contributed by atoms with E-state index >= 15 is 0 Å². The van der Waals surface area contributed by atoms with Gasteiger partial charge >= 0.3 is 0 Å². The molecule has 1 aliphatic rings. The number of rotatable bonds is 8. The van der Waals surface area contributed by atoms with E-state index in [2.05, 4.69) is 29.1 Å². The van der Waals surface area contributed by atoms with Crippen LogP contribution in [0.3, 0.4) is 0 Å². The first-order chi connectivity index (χ1) is 11.6. The van der Waals surface area contributed by atoms with Crippen molar-refractivity contribution in [2.75, 3.05) is 60.1 Å². The highest BCUT2D eigenvalue weighted by Crippen LogP contribution is 2.17. The minimum Gasteiger partial charge on any atom is -0.490 e. The Morgan fingerprint density at radius 2 is 1.92 bits per heavy atom. The molecule has 1 heterocycles. The molecule has 0 aliphatic carbocycles. The molecule has 1 N–H and O–H groups in total. The van der Waals surface area contributed by atoms with Crippen LogP contribution in [0.2, 0.25) is 0 Å². The number of carbonyl (C=O) groups excluding carboxylic acids is 1. The molecular weight excluding hydrogens is 306 g/mol. The number of benzene rings is 1. The molecule has 0 aromatic heterocycles. The average Bonchev–Trinajstić information content (AvgIpc) is 2.60. The quantitative estimate of drug-likeness (QED) is 0.721. The standard InChI is InChI=1S/C18H29N3O3/c1-15(21-10-8-20(2)9-11-21)14-19-18(22)16-6-4-5-7-17(16)24-13-12-23-3/h4-7,15H,8-14H2,1-3H3,(H,19,22). The summed E-state index contributed by atoms with van der Waals surface area (Å²) in [7, 11) is 3.77. The van der Waals surface area contributed by atoms with Crippen molar-refractivity contribution in [3.8, 4) is 5.75 Å². The number of hydrogen-bond acceptors (Lipinski definition) is 5. The fraction of sp³-hybridized carbons (Fsp3) is 0.611. The first-order valence-corrected chi connectivity index (χ1v) is 8.53. The minimum absolute atomic E-state index is 0.0935. The summed E-state index contributed by atoms with van der Waals surface area (Å²) in [5, 5.41) is 3.03. The van der Waals surface area contributed by atoms with Gasteiger partial charge in [-0.2, -0.15) is 0 Å². The monoisotopic (exact) mass is 335 g/mol. The lowest BCUT2D eigenvalue weighted by molar-refractivity contribution is 0.0897. The van der Waals surface area contributed by atoms with Gasteiger partial charge in [0.15, 0.2) is 0 Å². The number of likely N-dealkylation sites (N-methyl/N-ethyl adjacent to an activating group) is 1. The van der Waals surface area contributed by atoms with Crippen LogP contribution in [0.1, 0.15) is 17.3 Å². The lowest BCUT2D eigenvalue weighted by Crippen LogP contribution is -2.51. The maximum absolute atomic E-state index is 12.5. The topological polar surface area (TPSA) is 54.0 Å². The molecule has 1 saturated heterocycles. The van der Waals surface area contributed by atoms with Gasteiger partial charge in [-0.1, -0.05) is 12.1 Å². The summed E-state index contributed by atoms with van der Waals surface area (Å²) >= 11 is 0. The van der Waals surface area contributed by atoms with Crippen LogP contribution in [0.15, 0.2) is 24.3 Å². The third-order valence-corrected chi connectivity index (χ3v) is 4.40. The second-order valence-electron chi connectivity index (χ2n) is 6.24. The molecule has 1 unspecified atom stereocenters. The van der Waals surface area contributed by atoms with E-state index in [4.69, 9.17) is 9.47 Å². The van der Waals surface area contributed by atoms with Crippen LogP contribution in [-0.2, 0) is 4.74 Å². The van der Waals surface area contributed by atoms with Crippen LogP contribution in [0.4, 0.5) is 0 Å². The van der Waals surface area contributed by atoms with E-state index in [1.807, 2.05) is 18.2 Å². The third kappa shape index (κ3) is 5.47.